The minimum absolute atomic E-state index is 0. The predicted molar refractivity (Wildman–Crippen MR) is 60.2 cm³/mol. The van der Waals surface area contributed by atoms with Crippen molar-refractivity contribution in [1.29, 1.82) is 0 Å². The van der Waals surface area contributed by atoms with Crippen molar-refractivity contribution < 1.29 is 5.11 Å². The Morgan fingerprint density at radius 3 is 2.57 bits per heavy atom. The summed E-state index contributed by atoms with van der Waals surface area (Å²) in [5.41, 5.74) is 1.15. The molecule has 1 aromatic rings. The summed E-state index contributed by atoms with van der Waals surface area (Å²) in [6.45, 7) is 0. The third-order valence-electron chi connectivity index (χ3n) is 2.12. The molecule has 2 nitrogen and oxygen atoms in total. The van der Waals surface area contributed by atoms with Gasteiger partial charge in [0.2, 0.25) is 0 Å². The first kappa shape index (κ1) is 11.5. The quantitative estimate of drug-likeness (QED) is 0.686. The average Bonchev–Trinajstić information content (AvgIpc) is 2.19. The number of hydrogen-bond acceptors (Lipinski definition) is 2. The molecule has 1 atom stereocenters. The summed E-state index contributed by atoms with van der Waals surface area (Å²) in [6.07, 6.45) is 3.91. The van der Waals surface area contributed by atoms with E-state index in [1.54, 1.807) is 12.3 Å². The molecule has 3 heteroatoms. The van der Waals surface area contributed by atoms with Gasteiger partial charge in [-0.25, -0.2) is 0 Å². The van der Waals surface area contributed by atoms with Gasteiger partial charge >= 0.3 is 29.6 Å². The maximum atomic E-state index is 9.31. The van der Waals surface area contributed by atoms with Crippen LogP contribution in [0.4, 0.5) is 0 Å². The van der Waals surface area contributed by atoms with Gasteiger partial charge in [-0.1, -0.05) is 30.3 Å². The average molecular weight is 197 g/mol. The van der Waals surface area contributed by atoms with Crippen LogP contribution in [0.1, 0.15) is 18.0 Å². The Kier molecular flexibility index (Phi) is 4.39. The van der Waals surface area contributed by atoms with Gasteiger partial charge in [0.1, 0.15) is 0 Å². The molecule has 1 unspecified atom stereocenters. The zero-order valence-corrected chi connectivity index (χ0v) is 7.22. The van der Waals surface area contributed by atoms with Gasteiger partial charge in [0.05, 0.1) is 11.8 Å². The molecule has 68 valence electrons. The van der Waals surface area contributed by atoms with E-state index in [0.717, 1.165) is 5.56 Å². The van der Waals surface area contributed by atoms with Gasteiger partial charge < -0.3 is 5.11 Å². The Balaban J connectivity index is 0.000000980. The summed E-state index contributed by atoms with van der Waals surface area (Å²) in [6, 6.07) is 10.1. The summed E-state index contributed by atoms with van der Waals surface area (Å²) in [4.78, 5) is 4.29. The number of dihydropyridines is 1. The second-order valence-corrected chi connectivity index (χ2v) is 3.09. The maximum absolute atomic E-state index is 9.31. The molecule has 0 radical (unpaired) electrons. The first-order chi connectivity index (χ1) is 6.36. The van der Waals surface area contributed by atoms with Crippen molar-refractivity contribution in [1.82, 2.24) is 0 Å². The molecule has 0 amide bonds. The van der Waals surface area contributed by atoms with E-state index < -0.39 is 0 Å². The standard InChI is InChI=1S/C11H11NO.Na.H/c13-10-6-7-12-11(8-10)9-4-2-1-3-5-9;;/h1-7,11,13H,8H2;;. The fourth-order valence-corrected chi connectivity index (χ4v) is 1.43. The van der Waals surface area contributed by atoms with Crippen LogP contribution in [-0.2, 0) is 0 Å². The summed E-state index contributed by atoms with van der Waals surface area (Å²) < 4.78 is 0. The van der Waals surface area contributed by atoms with E-state index in [9.17, 15) is 5.11 Å². The molecule has 0 aromatic heterocycles. The van der Waals surface area contributed by atoms with Crippen LogP contribution in [0.2, 0.25) is 0 Å². The van der Waals surface area contributed by atoms with Gasteiger partial charge in [0.25, 0.3) is 0 Å². The van der Waals surface area contributed by atoms with Gasteiger partial charge in [0, 0.05) is 12.6 Å². The van der Waals surface area contributed by atoms with Crippen LogP contribution in [0.25, 0.3) is 0 Å². The molecule has 0 spiro atoms. The number of benzene rings is 1. The van der Waals surface area contributed by atoms with E-state index in [-0.39, 0.29) is 35.6 Å². The summed E-state index contributed by atoms with van der Waals surface area (Å²) in [5.74, 6) is 0.406. The van der Waals surface area contributed by atoms with Gasteiger partial charge in [0.15, 0.2) is 0 Å². The Hall–Kier alpha value is -0.570. The molecule has 0 saturated heterocycles. The van der Waals surface area contributed by atoms with Crippen molar-refractivity contribution >= 4 is 35.8 Å². The molecule has 1 aliphatic rings. The van der Waals surface area contributed by atoms with Gasteiger partial charge in [-0.2, -0.15) is 0 Å². The Morgan fingerprint density at radius 2 is 1.93 bits per heavy atom. The number of aliphatic hydroxyl groups excluding tert-OH is 1. The van der Waals surface area contributed by atoms with Gasteiger partial charge in [-0.3, -0.25) is 4.99 Å². The predicted octanol–water partition coefficient (Wildman–Crippen LogP) is 2.00. The molecule has 0 fully saturated rings. The number of aliphatic hydroxyl groups is 1. The van der Waals surface area contributed by atoms with Crippen molar-refractivity contribution in [3.63, 3.8) is 0 Å². The number of allylic oxidation sites excluding steroid dienone is 1. The second kappa shape index (κ2) is 5.35. The van der Waals surface area contributed by atoms with E-state index in [0.29, 0.717) is 12.2 Å². The second-order valence-electron chi connectivity index (χ2n) is 3.09. The molecule has 1 aliphatic heterocycles. The Morgan fingerprint density at radius 1 is 1.21 bits per heavy atom. The van der Waals surface area contributed by atoms with Crippen molar-refractivity contribution in [2.45, 2.75) is 12.5 Å². The molecular formula is C11H12NNaO. The third-order valence-corrected chi connectivity index (χ3v) is 2.12. The number of hydrogen-bond donors (Lipinski definition) is 1. The zero-order chi connectivity index (χ0) is 9.10. The topological polar surface area (TPSA) is 32.6 Å². The van der Waals surface area contributed by atoms with Gasteiger partial charge in [-0.05, 0) is 11.6 Å². The third kappa shape index (κ3) is 2.71. The monoisotopic (exact) mass is 197 g/mol. The van der Waals surface area contributed by atoms with E-state index in [1.165, 1.54) is 0 Å². The molecule has 14 heavy (non-hydrogen) atoms. The SMILES string of the molecule is OC1=CC=NC(c2ccccc2)C1.[NaH]. The van der Waals surface area contributed by atoms with E-state index in [2.05, 4.69) is 4.99 Å². The van der Waals surface area contributed by atoms with Crippen LogP contribution >= 0.6 is 0 Å². The first-order valence-corrected chi connectivity index (χ1v) is 4.32. The van der Waals surface area contributed by atoms with E-state index in [1.807, 2.05) is 30.3 Å². The van der Waals surface area contributed by atoms with Crippen LogP contribution in [0.3, 0.4) is 0 Å². The molecular weight excluding hydrogens is 185 g/mol. The van der Waals surface area contributed by atoms with Crippen LogP contribution in [0.5, 0.6) is 0 Å². The zero-order valence-electron chi connectivity index (χ0n) is 7.22. The normalized spacial score (nSPS) is 19.7. The first-order valence-electron chi connectivity index (χ1n) is 4.32. The van der Waals surface area contributed by atoms with Crippen molar-refractivity contribution in [2.24, 2.45) is 4.99 Å². The van der Waals surface area contributed by atoms with Crippen molar-refractivity contribution in [2.75, 3.05) is 0 Å². The van der Waals surface area contributed by atoms with Crippen LogP contribution in [0.15, 0.2) is 47.2 Å². The molecule has 0 bridgehead atoms. The van der Waals surface area contributed by atoms with Gasteiger partial charge in [-0.15, -0.1) is 0 Å². The number of aliphatic imine (C=N–C) groups is 1. The summed E-state index contributed by atoms with van der Waals surface area (Å²) >= 11 is 0. The van der Waals surface area contributed by atoms with E-state index >= 15 is 0 Å². The minimum atomic E-state index is 0. The van der Waals surface area contributed by atoms with Crippen molar-refractivity contribution in [3.8, 4) is 0 Å². The fourth-order valence-electron chi connectivity index (χ4n) is 1.43. The van der Waals surface area contributed by atoms with E-state index in [4.69, 9.17) is 0 Å². The molecule has 2 rings (SSSR count). The Labute approximate surface area is 106 Å². The summed E-state index contributed by atoms with van der Waals surface area (Å²) in [7, 11) is 0. The molecule has 1 aromatic carbocycles. The number of nitrogens with zero attached hydrogens (tertiary/aromatic N) is 1. The van der Waals surface area contributed by atoms with Crippen LogP contribution < -0.4 is 0 Å². The van der Waals surface area contributed by atoms with Crippen molar-refractivity contribution in [3.05, 3.63) is 47.7 Å². The fraction of sp³-hybridized carbons (Fsp3) is 0.182. The van der Waals surface area contributed by atoms with Crippen LogP contribution in [0, 0.1) is 0 Å². The van der Waals surface area contributed by atoms with Crippen LogP contribution in [-0.4, -0.2) is 40.9 Å². The number of rotatable bonds is 1. The Bertz CT molecular complexity index is 346. The molecule has 1 heterocycles. The molecule has 0 saturated carbocycles. The molecule has 1 N–H and O–H groups in total. The molecule has 0 aliphatic carbocycles. The summed E-state index contributed by atoms with van der Waals surface area (Å²) in [5, 5.41) is 9.31.